The molecule has 1 aliphatic rings. The molecule has 0 heterocycles. The van der Waals surface area contributed by atoms with Crippen LogP contribution in [0.5, 0.6) is 5.75 Å². The van der Waals surface area contributed by atoms with E-state index in [1.54, 1.807) is 6.08 Å². The van der Waals surface area contributed by atoms with Gasteiger partial charge in [0.1, 0.15) is 12.4 Å². The third-order valence-corrected chi connectivity index (χ3v) is 3.67. The molecule has 1 saturated carbocycles. The van der Waals surface area contributed by atoms with Crippen LogP contribution in [0.1, 0.15) is 31.2 Å². The molecule has 1 aromatic carbocycles. The Labute approximate surface area is 125 Å². The molecule has 4 nitrogen and oxygen atoms in total. The molecule has 2 rings (SSSR count). The Kier molecular flexibility index (Phi) is 6.28. The van der Waals surface area contributed by atoms with Crippen LogP contribution in [-0.4, -0.2) is 30.9 Å². The Morgan fingerprint density at radius 3 is 2.86 bits per heavy atom. The highest BCUT2D eigenvalue weighted by Crippen LogP contribution is 2.29. The van der Waals surface area contributed by atoms with Gasteiger partial charge in [-0.2, -0.15) is 0 Å². The highest BCUT2D eigenvalue weighted by atomic mass is 16.5. The standard InChI is InChI=1S/C17H22O4/c18-17(19)8-7-15-5-2-6-16(13-15)21-12-11-20-10-9-14-3-1-4-14/h2,5-8,13-14H,1,3-4,9-12H2,(H,18,19)/b8-7+. The number of hydrogen-bond donors (Lipinski definition) is 1. The molecule has 1 aromatic rings. The fourth-order valence-electron chi connectivity index (χ4n) is 2.23. The van der Waals surface area contributed by atoms with Crippen molar-refractivity contribution in [1.29, 1.82) is 0 Å². The Morgan fingerprint density at radius 1 is 1.29 bits per heavy atom. The Morgan fingerprint density at radius 2 is 2.14 bits per heavy atom. The minimum atomic E-state index is -0.957. The molecular weight excluding hydrogens is 268 g/mol. The van der Waals surface area contributed by atoms with Gasteiger partial charge in [-0.3, -0.25) is 0 Å². The van der Waals surface area contributed by atoms with Crippen molar-refractivity contribution >= 4 is 12.0 Å². The van der Waals surface area contributed by atoms with E-state index in [0.717, 1.165) is 36.3 Å². The van der Waals surface area contributed by atoms with E-state index in [-0.39, 0.29) is 0 Å². The van der Waals surface area contributed by atoms with Crippen molar-refractivity contribution in [1.82, 2.24) is 0 Å². The third-order valence-electron chi connectivity index (χ3n) is 3.67. The molecule has 0 bridgehead atoms. The normalized spacial score (nSPS) is 15.0. The minimum Gasteiger partial charge on any atom is -0.491 e. The molecule has 1 N–H and O–H groups in total. The van der Waals surface area contributed by atoms with Gasteiger partial charge in [0, 0.05) is 12.7 Å². The molecule has 0 aromatic heterocycles. The summed E-state index contributed by atoms with van der Waals surface area (Å²) in [6, 6.07) is 7.34. The van der Waals surface area contributed by atoms with E-state index in [9.17, 15) is 4.79 Å². The molecule has 1 fully saturated rings. The van der Waals surface area contributed by atoms with Crippen molar-refractivity contribution in [2.24, 2.45) is 5.92 Å². The van der Waals surface area contributed by atoms with Crippen LogP contribution in [-0.2, 0) is 9.53 Å². The predicted molar refractivity (Wildman–Crippen MR) is 81.4 cm³/mol. The zero-order valence-electron chi connectivity index (χ0n) is 12.2. The van der Waals surface area contributed by atoms with Crippen LogP contribution in [0.4, 0.5) is 0 Å². The van der Waals surface area contributed by atoms with Gasteiger partial charge in [0.15, 0.2) is 0 Å². The maximum atomic E-state index is 10.5. The van der Waals surface area contributed by atoms with Gasteiger partial charge >= 0.3 is 5.97 Å². The lowest BCUT2D eigenvalue weighted by atomic mass is 9.83. The van der Waals surface area contributed by atoms with E-state index in [0.29, 0.717) is 13.2 Å². The van der Waals surface area contributed by atoms with Crippen molar-refractivity contribution in [3.05, 3.63) is 35.9 Å². The minimum absolute atomic E-state index is 0.511. The fraction of sp³-hybridized carbons (Fsp3) is 0.471. The summed E-state index contributed by atoms with van der Waals surface area (Å²) in [7, 11) is 0. The summed E-state index contributed by atoms with van der Waals surface area (Å²) in [4.78, 5) is 10.5. The average Bonchev–Trinajstić information content (AvgIpc) is 2.43. The average molecular weight is 290 g/mol. The number of ether oxygens (including phenoxy) is 2. The second kappa shape index (κ2) is 8.47. The van der Waals surface area contributed by atoms with Gasteiger partial charge in [0.25, 0.3) is 0 Å². The number of carboxylic acid groups (broad SMARTS) is 1. The monoisotopic (exact) mass is 290 g/mol. The molecule has 1 aliphatic carbocycles. The summed E-state index contributed by atoms with van der Waals surface area (Å²) in [5, 5.41) is 8.59. The van der Waals surface area contributed by atoms with E-state index in [4.69, 9.17) is 14.6 Å². The quantitative estimate of drug-likeness (QED) is 0.559. The summed E-state index contributed by atoms with van der Waals surface area (Å²) in [5.74, 6) is 0.648. The number of benzene rings is 1. The molecule has 0 atom stereocenters. The topological polar surface area (TPSA) is 55.8 Å². The molecule has 4 heteroatoms. The smallest absolute Gasteiger partial charge is 0.328 e. The predicted octanol–water partition coefficient (Wildman–Crippen LogP) is 3.37. The van der Waals surface area contributed by atoms with E-state index in [1.807, 2.05) is 24.3 Å². The van der Waals surface area contributed by atoms with Gasteiger partial charge in [-0.15, -0.1) is 0 Å². The van der Waals surface area contributed by atoms with Crippen LogP contribution in [0.25, 0.3) is 6.08 Å². The van der Waals surface area contributed by atoms with Crippen LogP contribution in [0, 0.1) is 5.92 Å². The van der Waals surface area contributed by atoms with Crippen LogP contribution in [0.3, 0.4) is 0 Å². The largest absolute Gasteiger partial charge is 0.491 e. The lowest BCUT2D eigenvalue weighted by Gasteiger charge is -2.24. The van der Waals surface area contributed by atoms with Gasteiger partial charge in [0.05, 0.1) is 6.61 Å². The molecule has 0 saturated heterocycles. The van der Waals surface area contributed by atoms with Crippen molar-refractivity contribution < 1.29 is 19.4 Å². The van der Waals surface area contributed by atoms with Gasteiger partial charge in [-0.25, -0.2) is 4.79 Å². The first-order valence-corrected chi connectivity index (χ1v) is 7.45. The first kappa shape index (κ1) is 15.6. The number of rotatable bonds is 9. The summed E-state index contributed by atoms with van der Waals surface area (Å²) in [5.41, 5.74) is 0.806. The molecular formula is C17H22O4. The van der Waals surface area contributed by atoms with Crippen molar-refractivity contribution in [2.45, 2.75) is 25.7 Å². The Bertz CT molecular complexity index is 477. The fourth-order valence-corrected chi connectivity index (χ4v) is 2.23. The van der Waals surface area contributed by atoms with Gasteiger partial charge in [-0.05, 0) is 36.1 Å². The number of aliphatic carboxylic acids is 1. The van der Waals surface area contributed by atoms with E-state index < -0.39 is 5.97 Å². The zero-order valence-corrected chi connectivity index (χ0v) is 12.2. The number of hydrogen-bond acceptors (Lipinski definition) is 3. The highest BCUT2D eigenvalue weighted by Gasteiger charge is 2.16. The Balaban J connectivity index is 1.63. The van der Waals surface area contributed by atoms with Crippen molar-refractivity contribution in [3.8, 4) is 5.75 Å². The highest BCUT2D eigenvalue weighted by molar-refractivity contribution is 5.85. The third kappa shape index (κ3) is 6.00. The molecule has 0 aliphatic heterocycles. The van der Waals surface area contributed by atoms with Crippen molar-refractivity contribution in [2.75, 3.05) is 19.8 Å². The molecule has 114 valence electrons. The number of carboxylic acids is 1. The summed E-state index contributed by atoms with van der Waals surface area (Å²) in [6.45, 7) is 1.91. The summed E-state index contributed by atoms with van der Waals surface area (Å²) >= 11 is 0. The van der Waals surface area contributed by atoms with Crippen LogP contribution >= 0.6 is 0 Å². The summed E-state index contributed by atoms with van der Waals surface area (Å²) < 4.78 is 11.1. The van der Waals surface area contributed by atoms with E-state index >= 15 is 0 Å². The first-order chi connectivity index (χ1) is 10.2. The molecule has 0 unspecified atom stereocenters. The zero-order chi connectivity index (χ0) is 14.9. The molecule has 0 spiro atoms. The maximum absolute atomic E-state index is 10.5. The van der Waals surface area contributed by atoms with Crippen LogP contribution in [0.15, 0.2) is 30.3 Å². The second-order valence-corrected chi connectivity index (χ2v) is 5.29. The lowest BCUT2D eigenvalue weighted by Crippen LogP contribution is -2.15. The van der Waals surface area contributed by atoms with Gasteiger partial charge < -0.3 is 14.6 Å². The Hall–Kier alpha value is -1.81. The van der Waals surface area contributed by atoms with Gasteiger partial charge in [0.2, 0.25) is 0 Å². The SMILES string of the molecule is O=C(O)/C=C/c1cccc(OCCOCCC2CCC2)c1. The van der Waals surface area contributed by atoms with E-state index in [2.05, 4.69) is 0 Å². The van der Waals surface area contributed by atoms with E-state index in [1.165, 1.54) is 19.3 Å². The molecule has 21 heavy (non-hydrogen) atoms. The second-order valence-electron chi connectivity index (χ2n) is 5.29. The van der Waals surface area contributed by atoms with Gasteiger partial charge in [-0.1, -0.05) is 31.4 Å². The van der Waals surface area contributed by atoms with Crippen LogP contribution in [0.2, 0.25) is 0 Å². The first-order valence-electron chi connectivity index (χ1n) is 7.45. The van der Waals surface area contributed by atoms with Crippen LogP contribution < -0.4 is 4.74 Å². The lowest BCUT2D eigenvalue weighted by molar-refractivity contribution is -0.131. The summed E-state index contributed by atoms with van der Waals surface area (Å²) in [6.07, 6.45) is 7.91. The maximum Gasteiger partial charge on any atom is 0.328 e. The van der Waals surface area contributed by atoms with Crippen molar-refractivity contribution in [3.63, 3.8) is 0 Å². The molecule has 0 amide bonds. The molecule has 0 radical (unpaired) electrons. The number of carbonyl (C=O) groups is 1.